The fourth-order valence-corrected chi connectivity index (χ4v) is 2.74. The van der Waals surface area contributed by atoms with Crippen LogP contribution >= 0.6 is 0 Å². The molecule has 1 aromatic carbocycles. The van der Waals surface area contributed by atoms with Gasteiger partial charge in [0.15, 0.2) is 0 Å². The molecule has 0 aliphatic carbocycles. The summed E-state index contributed by atoms with van der Waals surface area (Å²) in [5.41, 5.74) is 1.24. The van der Waals surface area contributed by atoms with Crippen LogP contribution in [-0.2, 0) is 20.9 Å². The number of anilines is 1. The van der Waals surface area contributed by atoms with E-state index in [4.69, 9.17) is 9.15 Å². The number of hydrogen-bond donors (Lipinski definition) is 0. The first-order valence-corrected chi connectivity index (χ1v) is 8.26. The lowest BCUT2D eigenvalue weighted by molar-refractivity contribution is -0.139. The zero-order chi connectivity index (χ0) is 19.4. The number of rotatable bonds is 6. The average Bonchev–Trinajstić information content (AvgIpc) is 3.28. The number of furan rings is 1. The van der Waals surface area contributed by atoms with E-state index in [1.165, 1.54) is 31.4 Å². The summed E-state index contributed by atoms with van der Waals surface area (Å²) >= 11 is 0. The molecule has 1 atom stereocenters. The van der Waals surface area contributed by atoms with Crippen LogP contribution in [0.4, 0.5) is 10.1 Å². The van der Waals surface area contributed by atoms with Gasteiger partial charge >= 0.3 is 5.97 Å². The van der Waals surface area contributed by atoms with Gasteiger partial charge in [-0.1, -0.05) is 0 Å². The summed E-state index contributed by atoms with van der Waals surface area (Å²) in [6, 6.07) is 8.91. The van der Waals surface area contributed by atoms with Crippen molar-refractivity contribution in [3.8, 4) is 0 Å². The van der Waals surface area contributed by atoms with E-state index < -0.39 is 17.7 Å². The fraction of sp³-hybridized carbons (Fsp3) is 0.263. The molecular weight excluding hydrogens is 353 g/mol. The van der Waals surface area contributed by atoms with E-state index in [0.717, 1.165) is 5.01 Å². The van der Waals surface area contributed by atoms with Gasteiger partial charge in [0.1, 0.15) is 17.5 Å². The third-order valence-corrected chi connectivity index (χ3v) is 4.12. The highest BCUT2D eigenvalue weighted by atomic mass is 19.1. The zero-order valence-corrected chi connectivity index (χ0v) is 14.9. The largest absolute Gasteiger partial charge is 0.469 e. The molecular formula is C19H18FN3O4. The molecule has 0 saturated heterocycles. The third-order valence-electron chi connectivity index (χ3n) is 4.12. The number of hydrazone groups is 1. The van der Waals surface area contributed by atoms with Crippen molar-refractivity contribution >= 4 is 29.0 Å². The highest BCUT2D eigenvalue weighted by Gasteiger charge is 2.39. The molecule has 1 amide bonds. The second-order valence-electron chi connectivity index (χ2n) is 5.94. The Hall–Kier alpha value is -3.29. The molecule has 3 rings (SSSR count). The minimum absolute atomic E-state index is 0.141. The van der Waals surface area contributed by atoms with Gasteiger partial charge in [-0.2, -0.15) is 10.1 Å². The van der Waals surface area contributed by atoms with Crippen LogP contribution in [0.25, 0.3) is 0 Å². The van der Waals surface area contributed by atoms with Crippen LogP contribution in [-0.4, -0.2) is 30.4 Å². The summed E-state index contributed by atoms with van der Waals surface area (Å²) in [7, 11) is 1.27. The molecule has 7 nitrogen and oxygen atoms in total. The Morgan fingerprint density at radius 1 is 1.33 bits per heavy atom. The van der Waals surface area contributed by atoms with Crippen molar-refractivity contribution in [1.82, 2.24) is 0 Å². The van der Waals surface area contributed by atoms with Crippen LogP contribution in [0.5, 0.6) is 0 Å². The number of carbonyl (C=O) groups is 2. The predicted molar refractivity (Wildman–Crippen MR) is 97.0 cm³/mol. The van der Waals surface area contributed by atoms with E-state index >= 15 is 0 Å². The molecule has 1 aliphatic heterocycles. The van der Waals surface area contributed by atoms with Gasteiger partial charge in [0.25, 0.3) is 5.91 Å². The normalized spacial score (nSPS) is 17.2. The van der Waals surface area contributed by atoms with Gasteiger partial charge in [-0.15, -0.1) is 0 Å². The number of halogens is 1. The van der Waals surface area contributed by atoms with Crippen LogP contribution in [0, 0.1) is 11.7 Å². The summed E-state index contributed by atoms with van der Waals surface area (Å²) in [6.45, 7) is 1.97. The highest BCUT2D eigenvalue weighted by Crippen LogP contribution is 2.26. The van der Waals surface area contributed by atoms with Crippen molar-refractivity contribution in [3.63, 3.8) is 0 Å². The standard InChI is InChI=1S/C19H18FN3O4/c1-12(21-11-15-4-3-9-27-15)18-16(10-17(24)26-2)22-23(19(18)25)14-7-5-13(20)6-8-14/h3-9,18H,10-11H2,1-2H3. The topological polar surface area (TPSA) is 84.5 Å². The molecule has 2 heterocycles. The van der Waals surface area contributed by atoms with E-state index in [1.54, 1.807) is 25.3 Å². The molecule has 0 N–H and O–H groups in total. The quantitative estimate of drug-likeness (QED) is 0.577. The van der Waals surface area contributed by atoms with E-state index in [2.05, 4.69) is 10.1 Å². The Morgan fingerprint density at radius 3 is 2.70 bits per heavy atom. The molecule has 0 bridgehead atoms. The van der Waals surface area contributed by atoms with Crippen molar-refractivity contribution in [1.29, 1.82) is 0 Å². The van der Waals surface area contributed by atoms with Crippen LogP contribution in [0.2, 0.25) is 0 Å². The van der Waals surface area contributed by atoms with Crippen molar-refractivity contribution < 1.29 is 23.1 Å². The van der Waals surface area contributed by atoms with E-state index in [0.29, 0.717) is 22.9 Å². The lowest BCUT2D eigenvalue weighted by atomic mass is 9.96. The Kier molecular flexibility index (Phi) is 5.44. The maximum atomic E-state index is 13.2. The molecule has 27 heavy (non-hydrogen) atoms. The van der Waals surface area contributed by atoms with Crippen LogP contribution in [0.15, 0.2) is 57.2 Å². The van der Waals surface area contributed by atoms with Gasteiger partial charge < -0.3 is 9.15 Å². The first-order chi connectivity index (χ1) is 13.0. The Bertz CT molecular complexity index is 888. The first-order valence-electron chi connectivity index (χ1n) is 8.26. The van der Waals surface area contributed by atoms with E-state index in [9.17, 15) is 14.0 Å². The minimum Gasteiger partial charge on any atom is -0.469 e. The molecule has 0 saturated carbocycles. The number of methoxy groups -OCH3 is 1. The lowest BCUT2D eigenvalue weighted by Gasteiger charge is -2.14. The van der Waals surface area contributed by atoms with Crippen molar-refractivity contribution in [3.05, 3.63) is 54.2 Å². The lowest BCUT2D eigenvalue weighted by Crippen LogP contribution is -2.33. The number of hydrogen-bond acceptors (Lipinski definition) is 6. The Labute approximate surface area is 155 Å². The molecule has 1 unspecified atom stereocenters. The molecule has 140 valence electrons. The predicted octanol–water partition coefficient (Wildman–Crippen LogP) is 2.96. The summed E-state index contributed by atoms with van der Waals surface area (Å²) in [4.78, 5) is 29.1. The smallest absolute Gasteiger partial charge is 0.311 e. The number of nitrogens with zero attached hydrogens (tertiary/aromatic N) is 3. The van der Waals surface area contributed by atoms with Crippen LogP contribution in [0.3, 0.4) is 0 Å². The number of aliphatic imine (C=N–C) groups is 1. The maximum Gasteiger partial charge on any atom is 0.311 e. The van der Waals surface area contributed by atoms with Crippen molar-refractivity contribution in [2.45, 2.75) is 19.9 Å². The average molecular weight is 371 g/mol. The van der Waals surface area contributed by atoms with Crippen molar-refractivity contribution in [2.24, 2.45) is 16.0 Å². The van der Waals surface area contributed by atoms with E-state index in [-0.39, 0.29) is 18.9 Å². The van der Waals surface area contributed by atoms with Gasteiger partial charge in [-0.25, -0.2) is 4.39 Å². The molecule has 8 heteroatoms. The Balaban J connectivity index is 1.89. The molecule has 2 aromatic rings. The van der Waals surface area contributed by atoms with Gasteiger partial charge in [0.05, 0.1) is 37.7 Å². The maximum absolute atomic E-state index is 13.2. The summed E-state index contributed by atoms with van der Waals surface area (Å²) in [5.74, 6) is -1.42. The van der Waals surface area contributed by atoms with Gasteiger partial charge in [0, 0.05) is 5.71 Å². The number of esters is 1. The summed E-state index contributed by atoms with van der Waals surface area (Å²) in [5, 5.41) is 5.44. The summed E-state index contributed by atoms with van der Waals surface area (Å²) in [6.07, 6.45) is 1.40. The molecule has 0 spiro atoms. The molecule has 0 radical (unpaired) electrons. The SMILES string of the molecule is COC(=O)CC1=NN(c2ccc(F)cc2)C(=O)C1C(C)=NCc1ccco1. The minimum atomic E-state index is -0.788. The molecule has 0 fully saturated rings. The van der Waals surface area contributed by atoms with E-state index in [1.807, 2.05) is 0 Å². The second-order valence-corrected chi connectivity index (χ2v) is 5.94. The second kappa shape index (κ2) is 7.94. The third kappa shape index (κ3) is 4.11. The number of benzene rings is 1. The summed E-state index contributed by atoms with van der Waals surface area (Å²) < 4.78 is 23.1. The molecule has 1 aromatic heterocycles. The molecule has 1 aliphatic rings. The number of carbonyl (C=O) groups excluding carboxylic acids is 2. The van der Waals surface area contributed by atoms with Crippen molar-refractivity contribution in [2.75, 3.05) is 12.1 Å². The van der Waals surface area contributed by atoms with Gasteiger partial charge in [-0.05, 0) is 43.3 Å². The zero-order valence-electron chi connectivity index (χ0n) is 14.9. The van der Waals surface area contributed by atoms with Gasteiger partial charge in [0.2, 0.25) is 0 Å². The van der Waals surface area contributed by atoms with Crippen LogP contribution < -0.4 is 5.01 Å². The first kappa shape index (κ1) is 18.5. The van der Waals surface area contributed by atoms with Crippen LogP contribution in [0.1, 0.15) is 19.1 Å². The Morgan fingerprint density at radius 2 is 2.07 bits per heavy atom. The number of ether oxygens (including phenoxy) is 1. The fourth-order valence-electron chi connectivity index (χ4n) is 2.74. The van der Waals surface area contributed by atoms with Gasteiger partial charge in [-0.3, -0.25) is 14.6 Å². The number of amides is 1. The monoisotopic (exact) mass is 371 g/mol. The highest BCUT2D eigenvalue weighted by molar-refractivity contribution is 6.30.